The third kappa shape index (κ3) is 3.84. The number of aryl methyl sites for hydroxylation is 1. The Morgan fingerprint density at radius 3 is 2.43 bits per heavy atom. The molecule has 1 aromatic carbocycles. The molecule has 2 aromatic rings. The molecule has 1 heterocycles. The first-order valence-electron chi connectivity index (χ1n) is 6.50. The molecule has 0 saturated carbocycles. The molecule has 0 radical (unpaired) electrons. The minimum absolute atomic E-state index is 0.187. The predicted octanol–water partition coefficient (Wildman–Crippen LogP) is 3.77. The zero-order valence-corrected chi connectivity index (χ0v) is 11.7. The lowest BCUT2D eigenvalue weighted by molar-refractivity contribution is 0.496. The quantitative estimate of drug-likeness (QED) is 0.825. The Kier molecular flexibility index (Phi) is 4.62. The van der Waals surface area contributed by atoms with Gasteiger partial charge in [0.15, 0.2) is 11.6 Å². The van der Waals surface area contributed by atoms with E-state index < -0.39 is 17.5 Å². The summed E-state index contributed by atoms with van der Waals surface area (Å²) in [6.45, 7) is 4.45. The second kappa shape index (κ2) is 6.43. The Labute approximate surface area is 120 Å². The van der Waals surface area contributed by atoms with Gasteiger partial charge >= 0.3 is 0 Å². The lowest BCUT2D eigenvalue weighted by Gasteiger charge is -2.10. The molecule has 0 atom stereocenters. The van der Waals surface area contributed by atoms with E-state index in [2.05, 4.69) is 20.6 Å². The highest BCUT2D eigenvalue weighted by molar-refractivity contribution is 5.58. The highest BCUT2D eigenvalue weighted by Crippen LogP contribution is 2.22. The van der Waals surface area contributed by atoms with Gasteiger partial charge in [0.1, 0.15) is 11.6 Å². The van der Waals surface area contributed by atoms with Gasteiger partial charge in [-0.2, -0.15) is 4.98 Å². The number of nitrogens with zero attached hydrogens (tertiary/aromatic N) is 2. The van der Waals surface area contributed by atoms with Crippen LogP contribution >= 0.6 is 0 Å². The molecule has 0 saturated heterocycles. The van der Waals surface area contributed by atoms with Crippen LogP contribution in [0, 0.1) is 24.4 Å². The normalized spacial score (nSPS) is 10.5. The highest BCUT2D eigenvalue weighted by Gasteiger charge is 2.11. The fraction of sp³-hybridized carbons (Fsp3) is 0.286. The maximum atomic E-state index is 13.6. The number of aromatic nitrogens is 2. The summed E-state index contributed by atoms with van der Waals surface area (Å²) in [4.78, 5) is 8.32. The fourth-order valence-electron chi connectivity index (χ4n) is 1.70. The summed E-state index contributed by atoms with van der Waals surface area (Å²) in [6.07, 6.45) is 0.901. The smallest absolute Gasteiger partial charge is 0.224 e. The SMILES string of the molecule is CCCNc1nc(C)cc(Nc2cc(F)c(F)cc2F)n1. The molecule has 0 spiro atoms. The monoisotopic (exact) mass is 296 g/mol. The molecular weight excluding hydrogens is 281 g/mol. The van der Waals surface area contributed by atoms with E-state index >= 15 is 0 Å². The number of hydrogen-bond acceptors (Lipinski definition) is 4. The molecular formula is C14H15F3N4. The minimum atomic E-state index is -1.23. The average Bonchev–Trinajstić information content (AvgIpc) is 2.42. The number of halogens is 3. The Morgan fingerprint density at radius 2 is 1.71 bits per heavy atom. The molecule has 7 heteroatoms. The maximum absolute atomic E-state index is 13.6. The van der Waals surface area contributed by atoms with Crippen LogP contribution in [0.3, 0.4) is 0 Å². The molecule has 0 aliphatic carbocycles. The molecule has 0 fully saturated rings. The highest BCUT2D eigenvalue weighted by atomic mass is 19.2. The summed E-state index contributed by atoms with van der Waals surface area (Å²) in [5.41, 5.74) is 0.475. The predicted molar refractivity (Wildman–Crippen MR) is 75.1 cm³/mol. The van der Waals surface area contributed by atoms with Crippen LogP contribution in [0.15, 0.2) is 18.2 Å². The molecule has 1 aromatic heterocycles. The Balaban J connectivity index is 2.27. The van der Waals surface area contributed by atoms with Gasteiger partial charge in [-0.1, -0.05) is 6.92 Å². The number of rotatable bonds is 5. The van der Waals surface area contributed by atoms with Crippen molar-refractivity contribution in [3.05, 3.63) is 41.3 Å². The van der Waals surface area contributed by atoms with Crippen LogP contribution in [0.4, 0.5) is 30.6 Å². The van der Waals surface area contributed by atoms with E-state index in [1.54, 1.807) is 13.0 Å². The van der Waals surface area contributed by atoms with Crippen LogP contribution in [0.2, 0.25) is 0 Å². The van der Waals surface area contributed by atoms with Crippen molar-refractivity contribution >= 4 is 17.5 Å². The van der Waals surface area contributed by atoms with E-state index in [-0.39, 0.29) is 5.69 Å². The summed E-state index contributed by atoms with van der Waals surface area (Å²) in [5, 5.41) is 5.63. The first-order chi connectivity index (χ1) is 9.99. The molecule has 0 aliphatic heterocycles. The van der Waals surface area contributed by atoms with Crippen molar-refractivity contribution in [2.75, 3.05) is 17.2 Å². The lowest BCUT2D eigenvalue weighted by Crippen LogP contribution is -2.07. The molecule has 2 N–H and O–H groups in total. The summed E-state index contributed by atoms with van der Waals surface area (Å²) in [6, 6.07) is 2.82. The fourth-order valence-corrected chi connectivity index (χ4v) is 1.70. The number of benzene rings is 1. The Bertz CT molecular complexity index is 646. The van der Waals surface area contributed by atoms with E-state index in [0.29, 0.717) is 30.1 Å². The van der Waals surface area contributed by atoms with Gasteiger partial charge in [0, 0.05) is 30.4 Å². The number of nitrogens with one attached hydrogen (secondary N) is 2. The van der Waals surface area contributed by atoms with Crippen LogP contribution in [-0.4, -0.2) is 16.5 Å². The van der Waals surface area contributed by atoms with E-state index in [0.717, 1.165) is 12.5 Å². The number of hydrogen-bond donors (Lipinski definition) is 2. The van der Waals surface area contributed by atoms with Gasteiger partial charge in [-0.15, -0.1) is 0 Å². The van der Waals surface area contributed by atoms with Crippen LogP contribution in [0.25, 0.3) is 0 Å². The average molecular weight is 296 g/mol. The van der Waals surface area contributed by atoms with Crippen molar-refractivity contribution in [3.8, 4) is 0 Å². The minimum Gasteiger partial charge on any atom is -0.354 e. The second-order valence-electron chi connectivity index (χ2n) is 4.52. The summed E-state index contributed by atoms with van der Waals surface area (Å²) >= 11 is 0. The van der Waals surface area contributed by atoms with Crippen LogP contribution in [-0.2, 0) is 0 Å². The molecule has 21 heavy (non-hydrogen) atoms. The number of anilines is 3. The first kappa shape index (κ1) is 15.1. The van der Waals surface area contributed by atoms with Gasteiger partial charge in [-0.05, 0) is 13.3 Å². The van der Waals surface area contributed by atoms with Crippen molar-refractivity contribution in [2.45, 2.75) is 20.3 Å². The van der Waals surface area contributed by atoms with E-state index in [1.165, 1.54) is 0 Å². The van der Waals surface area contributed by atoms with E-state index in [9.17, 15) is 13.2 Å². The molecule has 4 nitrogen and oxygen atoms in total. The molecule has 0 aliphatic rings. The van der Waals surface area contributed by atoms with Gasteiger partial charge in [-0.25, -0.2) is 18.2 Å². The van der Waals surface area contributed by atoms with Crippen molar-refractivity contribution in [1.29, 1.82) is 0 Å². The van der Waals surface area contributed by atoms with Gasteiger partial charge in [0.2, 0.25) is 5.95 Å². The standard InChI is InChI=1S/C14H15F3N4/c1-3-4-18-14-19-8(2)5-13(21-14)20-12-7-10(16)9(15)6-11(12)17/h5-7H,3-4H2,1-2H3,(H2,18,19,20,21). The van der Waals surface area contributed by atoms with Crippen molar-refractivity contribution < 1.29 is 13.2 Å². The third-order valence-corrected chi connectivity index (χ3v) is 2.66. The molecule has 0 amide bonds. The topological polar surface area (TPSA) is 49.8 Å². The molecule has 0 bridgehead atoms. The largest absolute Gasteiger partial charge is 0.354 e. The summed E-state index contributed by atoms with van der Waals surface area (Å²) in [7, 11) is 0. The maximum Gasteiger partial charge on any atom is 0.224 e. The van der Waals surface area contributed by atoms with Crippen molar-refractivity contribution in [2.24, 2.45) is 0 Å². The molecule has 0 unspecified atom stereocenters. The van der Waals surface area contributed by atoms with Gasteiger partial charge < -0.3 is 10.6 Å². The van der Waals surface area contributed by atoms with Gasteiger partial charge in [-0.3, -0.25) is 0 Å². The second-order valence-corrected chi connectivity index (χ2v) is 4.52. The lowest BCUT2D eigenvalue weighted by atomic mass is 10.2. The molecule has 112 valence electrons. The van der Waals surface area contributed by atoms with Gasteiger partial charge in [0.25, 0.3) is 0 Å². The van der Waals surface area contributed by atoms with Crippen molar-refractivity contribution in [3.63, 3.8) is 0 Å². The Morgan fingerprint density at radius 1 is 1.00 bits per heavy atom. The third-order valence-electron chi connectivity index (χ3n) is 2.66. The molecule has 2 rings (SSSR count). The first-order valence-corrected chi connectivity index (χ1v) is 6.50. The van der Waals surface area contributed by atoms with Crippen LogP contribution < -0.4 is 10.6 Å². The Hall–Kier alpha value is -2.31. The van der Waals surface area contributed by atoms with E-state index in [4.69, 9.17) is 0 Å². The van der Waals surface area contributed by atoms with Crippen LogP contribution in [0.5, 0.6) is 0 Å². The van der Waals surface area contributed by atoms with Gasteiger partial charge in [0.05, 0.1) is 5.69 Å². The van der Waals surface area contributed by atoms with E-state index in [1.807, 2.05) is 6.92 Å². The zero-order valence-electron chi connectivity index (χ0n) is 11.7. The van der Waals surface area contributed by atoms with Crippen LogP contribution in [0.1, 0.15) is 19.0 Å². The summed E-state index contributed by atoms with van der Waals surface area (Å²) in [5.74, 6) is -2.57. The summed E-state index contributed by atoms with van der Waals surface area (Å²) < 4.78 is 39.6. The van der Waals surface area contributed by atoms with Crippen molar-refractivity contribution in [1.82, 2.24) is 9.97 Å². The zero-order chi connectivity index (χ0) is 15.4.